The molecule has 3 nitrogen and oxygen atoms in total. The predicted molar refractivity (Wildman–Crippen MR) is 42.4 cm³/mol. The van der Waals surface area contributed by atoms with Crippen molar-refractivity contribution in [2.24, 2.45) is 11.3 Å². The summed E-state index contributed by atoms with van der Waals surface area (Å²) in [7, 11) is 1.96. The Bertz CT molecular complexity index is 177. The molecule has 0 amide bonds. The minimum absolute atomic E-state index is 0.0689. The minimum Gasteiger partial charge on any atom is -0.481 e. The molecule has 64 valence electrons. The topological polar surface area (TPSA) is 40.5 Å². The van der Waals surface area contributed by atoms with Gasteiger partial charge in [0.1, 0.15) is 0 Å². The lowest BCUT2D eigenvalue weighted by Crippen LogP contribution is -2.28. The van der Waals surface area contributed by atoms with E-state index in [1.807, 2.05) is 20.9 Å². The molecule has 1 aliphatic rings. The standard InChI is InChI=1S/C8H15NO2/c1-8(2)5-9(3)4-6(8)7(10)11/h6H,4-5H2,1-3H3,(H,10,11)/t6-/m1/s1. The largest absolute Gasteiger partial charge is 0.481 e. The summed E-state index contributed by atoms with van der Waals surface area (Å²) >= 11 is 0. The number of nitrogens with zero attached hydrogens (tertiary/aromatic N) is 1. The average molecular weight is 157 g/mol. The van der Waals surface area contributed by atoms with Gasteiger partial charge in [0.15, 0.2) is 0 Å². The van der Waals surface area contributed by atoms with Gasteiger partial charge < -0.3 is 10.0 Å². The van der Waals surface area contributed by atoms with Crippen molar-refractivity contribution in [1.29, 1.82) is 0 Å². The first-order valence-corrected chi connectivity index (χ1v) is 3.85. The van der Waals surface area contributed by atoms with Crippen LogP contribution in [0.1, 0.15) is 13.8 Å². The van der Waals surface area contributed by atoms with Crippen LogP contribution in [0.15, 0.2) is 0 Å². The van der Waals surface area contributed by atoms with Gasteiger partial charge in [-0.15, -0.1) is 0 Å². The fourth-order valence-electron chi connectivity index (χ4n) is 1.84. The van der Waals surface area contributed by atoms with Crippen LogP contribution in [0.4, 0.5) is 0 Å². The molecule has 11 heavy (non-hydrogen) atoms. The molecule has 0 unspecified atom stereocenters. The van der Waals surface area contributed by atoms with E-state index in [-0.39, 0.29) is 11.3 Å². The number of carboxylic acid groups (broad SMARTS) is 1. The molecule has 1 N–H and O–H groups in total. The van der Waals surface area contributed by atoms with E-state index in [0.717, 1.165) is 6.54 Å². The maximum atomic E-state index is 10.7. The lowest BCUT2D eigenvalue weighted by molar-refractivity contribution is -0.144. The number of carboxylic acids is 1. The summed E-state index contributed by atoms with van der Waals surface area (Å²) in [6.07, 6.45) is 0. The zero-order valence-electron chi connectivity index (χ0n) is 7.29. The Morgan fingerprint density at radius 3 is 2.36 bits per heavy atom. The lowest BCUT2D eigenvalue weighted by atomic mass is 9.82. The molecule has 0 aromatic carbocycles. The number of carbonyl (C=O) groups is 1. The first-order chi connectivity index (χ1) is 4.93. The molecular formula is C8H15NO2. The fourth-order valence-corrected chi connectivity index (χ4v) is 1.84. The summed E-state index contributed by atoms with van der Waals surface area (Å²) < 4.78 is 0. The van der Waals surface area contributed by atoms with Crippen molar-refractivity contribution in [2.45, 2.75) is 13.8 Å². The maximum Gasteiger partial charge on any atom is 0.308 e. The van der Waals surface area contributed by atoms with E-state index < -0.39 is 5.97 Å². The van der Waals surface area contributed by atoms with Crippen molar-refractivity contribution in [3.8, 4) is 0 Å². The highest BCUT2D eigenvalue weighted by molar-refractivity contribution is 5.71. The fraction of sp³-hybridized carbons (Fsp3) is 0.875. The van der Waals surface area contributed by atoms with Crippen LogP contribution in [0.25, 0.3) is 0 Å². The lowest BCUT2D eigenvalue weighted by Gasteiger charge is -2.21. The molecule has 1 heterocycles. The van der Waals surface area contributed by atoms with Crippen LogP contribution in [-0.2, 0) is 4.79 Å². The van der Waals surface area contributed by atoms with E-state index in [4.69, 9.17) is 5.11 Å². The Hall–Kier alpha value is -0.570. The molecule has 0 radical (unpaired) electrons. The predicted octanol–water partition coefficient (Wildman–Crippen LogP) is 0.659. The second-order valence-corrected chi connectivity index (χ2v) is 4.08. The monoisotopic (exact) mass is 157 g/mol. The van der Waals surface area contributed by atoms with Gasteiger partial charge in [-0.05, 0) is 12.5 Å². The van der Waals surface area contributed by atoms with Crippen LogP contribution in [0, 0.1) is 11.3 Å². The third-order valence-corrected chi connectivity index (χ3v) is 2.41. The van der Waals surface area contributed by atoms with Gasteiger partial charge in [0, 0.05) is 13.1 Å². The summed E-state index contributed by atoms with van der Waals surface area (Å²) in [6.45, 7) is 5.58. The van der Waals surface area contributed by atoms with E-state index in [1.54, 1.807) is 0 Å². The van der Waals surface area contributed by atoms with Crippen LogP contribution in [-0.4, -0.2) is 36.1 Å². The molecule has 0 spiro atoms. The van der Waals surface area contributed by atoms with E-state index in [9.17, 15) is 4.79 Å². The second-order valence-electron chi connectivity index (χ2n) is 4.08. The molecule has 1 rings (SSSR count). The highest BCUT2D eigenvalue weighted by atomic mass is 16.4. The molecule has 1 aliphatic heterocycles. The smallest absolute Gasteiger partial charge is 0.308 e. The maximum absolute atomic E-state index is 10.7. The van der Waals surface area contributed by atoms with Crippen LogP contribution in [0.5, 0.6) is 0 Å². The summed E-state index contributed by atoms with van der Waals surface area (Å²) in [5, 5.41) is 8.84. The van der Waals surface area contributed by atoms with E-state index >= 15 is 0 Å². The minimum atomic E-state index is -0.667. The first-order valence-electron chi connectivity index (χ1n) is 3.85. The number of aliphatic carboxylic acids is 1. The number of hydrogen-bond acceptors (Lipinski definition) is 2. The Morgan fingerprint density at radius 2 is 2.18 bits per heavy atom. The van der Waals surface area contributed by atoms with Gasteiger partial charge in [-0.2, -0.15) is 0 Å². The Morgan fingerprint density at radius 1 is 1.64 bits per heavy atom. The van der Waals surface area contributed by atoms with Gasteiger partial charge >= 0.3 is 5.97 Å². The average Bonchev–Trinajstić information content (AvgIpc) is 2.04. The number of hydrogen-bond donors (Lipinski definition) is 1. The molecular weight excluding hydrogens is 142 g/mol. The SMILES string of the molecule is CN1C[C@H](C(=O)O)C(C)(C)C1. The van der Waals surface area contributed by atoms with Crippen molar-refractivity contribution in [1.82, 2.24) is 4.90 Å². The number of likely N-dealkylation sites (tertiary alicyclic amines) is 1. The van der Waals surface area contributed by atoms with Gasteiger partial charge in [-0.3, -0.25) is 4.79 Å². The molecule has 3 heteroatoms. The van der Waals surface area contributed by atoms with E-state index in [2.05, 4.69) is 4.90 Å². The van der Waals surface area contributed by atoms with E-state index in [0.29, 0.717) is 6.54 Å². The first kappa shape index (κ1) is 8.53. The molecule has 1 atom stereocenters. The highest BCUT2D eigenvalue weighted by Gasteiger charge is 2.42. The molecule has 0 saturated carbocycles. The van der Waals surface area contributed by atoms with Crippen LogP contribution in [0.2, 0.25) is 0 Å². The molecule has 0 bridgehead atoms. The molecule has 0 aromatic rings. The third kappa shape index (κ3) is 1.53. The second kappa shape index (κ2) is 2.48. The molecule has 0 aromatic heterocycles. The number of rotatable bonds is 1. The van der Waals surface area contributed by atoms with Crippen molar-refractivity contribution < 1.29 is 9.90 Å². The van der Waals surface area contributed by atoms with Crippen LogP contribution in [0.3, 0.4) is 0 Å². The van der Waals surface area contributed by atoms with Crippen molar-refractivity contribution in [3.05, 3.63) is 0 Å². The van der Waals surface area contributed by atoms with Gasteiger partial charge in [-0.1, -0.05) is 13.8 Å². The van der Waals surface area contributed by atoms with Gasteiger partial charge in [0.25, 0.3) is 0 Å². The normalized spacial score (nSPS) is 30.6. The molecule has 1 fully saturated rings. The highest BCUT2D eigenvalue weighted by Crippen LogP contribution is 2.34. The summed E-state index contributed by atoms with van der Waals surface area (Å²) in [6, 6.07) is 0. The summed E-state index contributed by atoms with van der Waals surface area (Å²) in [5.74, 6) is -0.869. The van der Waals surface area contributed by atoms with Crippen molar-refractivity contribution in [3.63, 3.8) is 0 Å². The van der Waals surface area contributed by atoms with E-state index in [1.165, 1.54) is 0 Å². The Labute approximate surface area is 67.0 Å². The van der Waals surface area contributed by atoms with Crippen molar-refractivity contribution >= 4 is 5.97 Å². The third-order valence-electron chi connectivity index (χ3n) is 2.41. The molecule has 0 aliphatic carbocycles. The zero-order chi connectivity index (χ0) is 8.65. The van der Waals surface area contributed by atoms with Gasteiger partial charge in [-0.25, -0.2) is 0 Å². The quantitative estimate of drug-likeness (QED) is 0.608. The van der Waals surface area contributed by atoms with Crippen LogP contribution < -0.4 is 0 Å². The summed E-state index contributed by atoms with van der Waals surface area (Å²) in [5.41, 5.74) is -0.0689. The zero-order valence-corrected chi connectivity index (χ0v) is 7.29. The Balaban J connectivity index is 2.74. The van der Waals surface area contributed by atoms with Crippen molar-refractivity contribution in [2.75, 3.05) is 20.1 Å². The van der Waals surface area contributed by atoms with Crippen LogP contribution >= 0.6 is 0 Å². The Kier molecular flexibility index (Phi) is 1.92. The van der Waals surface area contributed by atoms with Gasteiger partial charge in [0.05, 0.1) is 5.92 Å². The summed E-state index contributed by atoms with van der Waals surface area (Å²) in [4.78, 5) is 12.8. The van der Waals surface area contributed by atoms with Gasteiger partial charge in [0.2, 0.25) is 0 Å². The molecule has 1 saturated heterocycles.